The lowest BCUT2D eigenvalue weighted by molar-refractivity contribution is -0.131. The minimum absolute atomic E-state index is 0.712. The molecular weight excluding hydrogens is 332 g/mol. The normalized spacial score (nSPS) is 10.8. The smallest absolute Gasteiger partial charge is 0.328 e. The Labute approximate surface area is 132 Å². The lowest BCUT2D eigenvalue weighted by Crippen LogP contribution is -1.90. The van der Waals surface area contributed by atoms with E-state index in [2.05, 4.69) is 15.9 Å². The second kappa shape index (κ2) is 6.59. The second-order valence-corrected chi connectivity index (χ2v) is 5.56. The number of ether oxygens (including phenoxy) is 1. The molecule has 0 heterocycles. The van der Waals surface area contributed by atoms with Gasteiger partial charge in [-0.3, -0.25) is 0 Å². The molecule has 0 amide bonds. The standard InChI is InChI=1S/C17H15BrO3/c1-11-3-4-13(5-8-17(19)20)10-16(11)21-14-6-7-15(18)12(2)9-14/h3-10H,1-2H3,(H,19,20)/b8-5+. The van der Waals surface area contributed by atoms with E-state index in [4.69, 9.17) is 9.84 Å². The van der Waals surface area contributed by atoms with Gasteiger partial charge in [0.25, 0.3) is 0 Å². The summed E-state index contributed by atoms with van der Waals surface area (Å²) in [6.45, 7) is 3.95. The quantitative estimate of drug-likeness (QED) is 0.796. The summed E-state index contributed by atoms with van der Waals surface area (Å²) in [5, 5.41) is 8.67. The van der Waals surface area contributed by atoms with Crippen LogP contribution in [-0.2, 0) is 4.79 Å². The molecule has 2 rings (SSSR count). The number of rotatable bonds is 4. The van der Waals surface area contributed by atoms with Crippen molar-refractivity contribution in [1.82, 2.24) is 0 Å². The molecule has 2 aromatic carbocycles. The summed E-state index contributed by atoms with van der Waals surface area (Å²) in [6.07, 6.45) is 2.65. The van der Waals surface area contributed by atoms with Crippen molar-refractivity contribution in [1.29, 1.82) is 0 Å². The maximum absolute atomic E-state index is 10.6. The summed E-state index contributed by atoms with van der Waals surface area (Å²) >= 11 is 3.45. The van der Waals surface area contributed by atoms with Crippen molar-refractivity contribution in [3.63, 3.8) is 0 Å². The second-order valence-electron chi connectivity index (χ2n) is 4.71. The van der Waals surface area contributed by atoms with E-state index in [9.17, 15) is 4.79 Å². The van der Waals surface area contributed by atoms with E-state index in [0.29, 0.717) is 5.75 Å². The van der Waals surface area contributed by atoms with Crippen LogP contribution in [0.4, 0.5) is 0 Å². The molecule has 4 heteroatoms. The number of halogens is 1. The number of hydrogen-bond acceptors (Lipinski definition) is 2. The van der Waals surface area contributed by atoms with E-state index in [1.54, 1.807) is 6.08 Å². The molecular formula is C17H15BrO3. The van der Waals surface area contributed by atoms with Crippen molar-refractivity contribution in [2.75, 3.05) is 0 Å². The fourth-order valence-electron chi connectivity index (χ4n) is 1.81. The fraction of sp³-hybridized carbons (Fsp3) is 0.118. The van der Waals surface area contributed by atoms with E-state index < -0.39 is 5.97 Å². The number of benzene rings is 2. The molecule has 21 heavy (non-hydrogen) atoms. The molecule has 0 bridgehead atoms. The Hall–Kier alpha value is -2.07. The van der Waals surface area contributed by atoms with Crippen LogP contribution in [0.3, 0.4) is 0 Å². The number of aliphatic carboxylic acids is 1. The van der Waals surface area contributed by atoms with Gasteiger partial charge < -0.3 is 9.84 Å². The highest BCUT2D eigenvalue weighted by Crippen LogP contribution is 2.29. The van der Waals surface area contributed by atoms with Gasteiger partial charge in [0.15, 0.2) is 0 Å². The SMILES string of the molecule is Cc1cc(Oc2cc(/C=C/C(=O)O)ccc2C)ccc1Br. The van der Waals surface area contributed by atoms with Crippen molar-refractivity contribution < 1.29 is 14.6 Å². The molecule has 0 aliphatic rings. The summed E-state index contributed by atoms with van der Waals surface area (Å²) in [7, 11) is 0. The van der Waals surface area contributed by atoms with Crippen LogP contribution in [0.15, 0.2) is 46.9 Å². The largest absolute Gasteiger partial charge is 0.478 e. The van der Waals surface area contributed by atoms with Crippen LogP contribution in [-0.4, -0.2) is 11.1 Å². The van der Waals surface area contributed by atoms with Crippen LogP contribution in [0.2, 0.25) is 0 Å². The van der Waals surface area contributed by atoms with Crippen LogP contribution in [0.1, 0.15) is 16.7 Å². The van der Waals surface area contributed by atoms with Gasteiger partial charge in [0, 0.05) is 10.5 Å². The third kappa shape index (κ3) is 4.20. The third-order valence-electron chi connectivity index (χ3n) is 2.99. The van der Waals surface area contributed by atoms with Crippen molar-refractivity contribution >= 4 is 28.0 Å². The molecule has 0 unspecified atom stereocenters. The summed E-state index contributed by atoms with van der Waals surface area (Å²) in [5.74, 6) is 0.490. The molecule has 0 fully saturated rings. The molecule has 0 aliphatic carbocycles. The number of aryl methyl sites for hydroxylation is 2. The minimum Gasteiger partial charge on any atom is -0.478 e. The van der Waals surface area contributed by atoms with Gasteiger partial charge in [0.05, 0.1) is 0 Å². The van der Waals surface area contributed by atoms with E-state index in [-0.39, 0.29) is 0 Å². The van der Waals surface area contributed by atoms with E-state index in [1.807, 2.05) is 50.2 Å². The highest BCUT2D eigenvalue weighted by Gasteiger charge is 2.04. The first kappa shape index (κ1) is 15.3. The Morgan fingerprint density at radius 2 is 1.90 bits per heavy atom. The molecule has 0 atom stereocenters. The van der Waals surface area contributed by atoms with Crippen LogP contribution in [0.5, 0.6) is 11.5 Å². The van der Waals surface area contributed by atoms with Gasteiger partial charge >= 0.3 is 5.97 Å². The molecule has 0 saturated heterocycles. The summed E-state index contributed by atoms with van der Waals surface area (Å²) in [5.41, 5.74) is 2.86. The fourth-order valence-corrected chi connectivity index (χ4v) is 2.05. The van der Waals surface area contributed by atoms with Crippen molar-refractivity contribution in [3.8, 4) is 11.5 Å². The average Bonchev–Trinajstić information content (AvgIpc) is 2.43. The Balaban J connectivity index is 2.28. The molecule has 0 aromatic heterocycles. The zero-order valence-corrected chi connectivity index (χ0v) is 13.3. The molecule has 0 spiro atoms. The number of carboxylic acid groups (broad SMARTS) is 1. The molecule has 0 radical (unpaired) electrons. The molecule has 0 aliphatic heterocycles. The van der Waals surface area contributed by atoms with Crippen molar-refractivity contribution in [2.24, 2.45) is 0 Å². The summed E-state index contributed by atoms with van der Waals surface area (Å²) in [4.78, 5) is 10.6. The number of carboxylic acids is 1. The minimum atomic E-state index is -0.971. The maximum atomic E-state index is 10.6. The number of carbonyl (C=O) groups is 1. The van der Waals surface area contributed by atoms with Gasteiger partial charge in [0.1, 0.15) is 11.5 Å². The third-order valence-corrected chi connectivity index (χ3v) is 3.88. The van der Waals surface area contributed by atoms with E-state index in [1.165, 1.54) is 0 Å². The lowest BCUT2D eigenvalue weighted by Gasteiger charge is -2.10. The van der Waals surface area contributed by atoms with E-state index in [0.717, 1.165) is 33.0 Å². The highest BCUT2D eigenvalue weighted by molar-refractivity contribution is 9.10. The monoisotopic (exact) mass is 346 g/mol. The van der Waals surface area contributed by atoms with E-state index >= 15 is 0 Å². The van der Waals surface area contributed by atoms with Crippen LogP contribution in [0, 0.1) is 13.8 Å². The van der Waals surface area contributed by atoms with Crippen LogP contribution < -0.4 is 4.74 Å². The first-order valence-corrected chi connectivity index (χ1v) is 7.20. The first-order valence-electron chi connectivity index (χ1n) is 6.41. The summed E-state index contributed by atoms with van der Waals surface area (Å²) in [6, 6.07) is 11.4. The Morgan fingerprint density at radius 1 is 1.14 bits per heavy atom. The number of hydrogen-bond donors (Lipinski definition) is 1. The van der Waals surface area contributed by atoms with Gasteiger partial charge in [-0.05, 0) is 60.9 Å². The first-order chi connectivity index (χ1) is 9.95. The summed E-state index contributed by atoms with van der Waals surface area (Å²) < 4.78 is 6.92. The maximum Gasteiger partial charge on any atom is 0.328 e. The lowest BCUT2D eigenvalue weighted by atomic mass is 10.1. The zero-order valence-electron chi connectivity index (χ0n) is 11.8. The molecule has 0 saturated carbocycles. The van der Waals surface area contributed by atoms with Crippen molar-refractivity contribution in [2.45, 2.75) is 13.8 Å². The van der Waals surface area contributed by atoms with Crippen molar-refractivity contribution in [3.05, 3.63) is 63.6 Å². The predicted octanol–water partition coefficient (Wildman–Crippen LogP) is 4.96. The topological polar surface area (TPSA) is 46.5 Å². The molecule has 2 aromatic rings. The van der Waals surface area contributed by atoms with Gasteiger partial charge in [0.2, 0.25) is 0 Å². The van der Waals surface area contributed by atoms with Gasteiger partial charge in [-0.25, -0.2) is 4.79 Å². The van der Waals surface area contributed by atoms with Gasteiger partial charge in [-0.15, -0.1) is 0 Å². The van der Waals surface area contributed by atoms with Crippen LogP contribution in [0.25, 0.3) is 6.08 Å². The van der Waals surface area contributed by atoms with Gasteiger partial charge in [-0.1, -0.05) is 28.1 Å². The van der Waals surface area contributed by atoms with Gasteiger partial charge in [-0.2, -0.15) is 0 Å². The zero-order chi connectivity index (χ0) is 15.4. The molecule has 1 N–H and O–H groups in total. The average molecular weight is 347 g/mol. The molecule has 3 nitrogen and oxygen atoms in total. The highest BCUT2D eigenvalue weighted by atomic mass is 79.9. The Kier molecular flexibility index (Phi) is 4.81. The van der Waals surface area contributed by atoms with Crippen LogP contribution >= 0.6 is 15.9 Å². The Morgan fingerprint density at radius 3 is 2.57 bits per heavy atom. The predicted molar refractivity (Wildman–Crippen MR) is 86.8 cm³/mol. The molecule has 108 valence electrons. The Bertz CT molecular complexity index is 705.